The summed E-state index contributed by atoms with van der Waals surface area (Å²) in [6.45, 7) is 14.0. The number of carbonyl (C=O) groups is 2. The third-order valence-electron chi connectivity index (χ3n) is 6.11. The van der Waals surface area contributed by atoms with Gasteiger partial charge in [0.15, 0.2) is 0 Å². The number of nitrogens with one attached hydrogen (secondary N) is 1. The van der Waals surface area contributed by atoms with Crippen LogP contribution >= 0.6 is 0 Å². The van der Waals surface area contributed by atoms with Crippen LogP contribution < -0.4 is 15.7 Å². The van der Waals surface area contributed by atoms with Gasteiger partial charge < -0.3 is 19.6 Å². The van der Waals surface area contributed by atoms with Crippen molar-refractivity contribution in [3.63, 3.8) is 0 Å². The van der Waals surface area contributed by atoms with Gasteiger partial charge in [0.2, 0.25) is 0 Å². The molecule has 0 bridgehead atoms. The van der Waals surface area contributed by atoms with E-state index in [1.807, 2.05) is 43.3 Å². The van der Waals surface area contributed by atoms with Gasteiger partial charge in [-0.25, -0.2) is 4.79 Å². The molecule has 192 valence electrons. The van der Waals surface area contributed by atoms with E-state index >= 15 is 0 Å². The molecule has 2 aromatic carbocycles. The van der Waals surface area contributed by atoms with Crippen LogP contribution in [0.2, 0.25) is 5.04 Å². The monoisotopic (exact) mass is 499 g/mol. The van der Waals surface area contributed by atoms with Crippen molar-refractivity contribution in [1.82, 2.24) is 5.32 Å². The van der Waals surface area contributed by atoms with Gasteiger partial charge in [0.25, 0.3) is 8.32 Å². The first-order chi connectivity index (χ1) is 16.3. The lowest BCUT2D eigenvalue weighted by atomic mass is 9.95. The molecule has 0 aliphatic carbocycles. The van der Waals surface area contributed by atoms with E-state index in [0.717, 1.165) is 10.4 Å². The van der Waals surface area contributed by atoms with Crippen molar-refractivity contribution in [3.8, 4) is 0 Å². The third-order valence-corrected chi connectivity index (χ3v) is 11.2. The van der Waals surface area contributed by atoms with Crippen molar-refractivity contribution in [3.05, 3.63) is 60.7 Å². The molecule has 0 fully saturated rings. The molecule has 2 atom stereocenters. The van der Waals surface area contributed by atoms with Crippen LogP contribution in [0.4, 0.5) is 4.79 Å². The Morgan fingerprint density at radius 2 is 1.40 bits per heavy atom. The van der Waals surface area contributed by atoms with Crippen LogP contribution in [0.5, 0.6) is 0 Å². The van der Waals surface area contributed by atoms with Gasteiger partial charge in [-0.3, -0.25) is 4.79 Å². The number of alkyl carbamates (subject to hydrolysis) is 1. The van der Waals surface area contributed by atoms with E-state index in [1.54, 1.807) is 20.8 Å². The van der Waals surface area contributed by atoms with Gasteiger partial charge in [0, 0.05) is 12.6 Å². The number of benzene rings is 2. The Hall–Kier alpha value is -2.64. The number of hydrogen-bond acceptors (Lipinski definition) is 4. The van der Waals surface area contributed by atoms with Crippen molar-refractivity contribution in [2.75, 3.05) is 6.61 Å². The summed E-state index contributed by atoms with van der Waals surface area (Å²) in [5.41, 5.74) is -0.676. The van der Waals surface area contributed by atoms with E-state index in [9.17, 15) is 14.7 Å². The molecule has 0 aliphatic rings. The first kappa shape index (κ1) is 28.6. The number of carboxylic acid groups (broad SMARTS) is 1. The minimum absolute atomic E-state index is 0.194. The minimum Gasteiger partial charge on any atom is -0.481 e. The molecule has 1 amide bonds. The average molecular weight is 500 g/mol. The molecular weight excluding hydrogens is 458 g/mol. The van der Waals surface area contributed by atoms with Gasteiger partial charge >= 0.3 is 12.1 Å². The second-order valence-corrected chi connectivity index (χ2v) is 15.2. The highest BCUT2D eigenvalue weighted by molar-refractivity contribution is 6.99. The van der Waals surface area contributed by atoms with E-state index in [4.69, 9.17) is 9.16 Å². The van der Waals surface area contributed by atoms with Crippen LogP contribution in [-0.4, -0.2) is 43.7 Å². The molecule has 2 rings (SSSR count). The SMILES string of the molecule is CC[C@@H](C(=O)O)[C@@H](CCO[Si](c1ccccc1)(c1ccccc1)C(C)(C)C)NC(=O)OC(C)(C)C. The molecule has 7 heteroatoms. The molecule has 0 aromatic heterocycles. The number of hydrogen-bond donors (Lipinski definition) is 2. The molecule has 2 aromatic rings. The lowest BCUT2D eigenvalue weighted by Gasteiger charge is -2.43. The Morgan fingerprint density at radius 3 is 1.77 bits per heavy atom. The van der Waals surface area contributed by atoms with Crippen LogP contribution in [0.1, 0.15) is 61.3 Å². The summed E-state index contributed by atoms with van der Waals surface area (Å²) in [5, 5.41) is 14.7. The van der Waals surface area contributed by atoms with Crippen LogP contribution in [0.3, 0.4) is 0 Å². The number of amides is 1. The Balaban J connectivity index is 2.39. The zero-order chi connectivity index (χ0) is 26.3. The maximum absolute atomic E-state index is 12.5. The second kappa shape index (κ2) is 11.9. The highest BCUT2D eigenvalue weighted by atomic mass is 28.4. The normalized spacial score (nSPS) is 14.1. The maximum Gasteiger partial charge on any atom is 0.407 e. The fourth-order valence-corrected chi connectivity index (χ4v) is 9.14. The zero-order valence-corrected chi connectivity index (χ0v) is 23.1. The largest absolute Gasteiger partial charge is 0.481 e. The van der Waals surface area contributed by atoms with Crippen molar-refractivity contribution < 1.29 is 23.9 Å². The van der Waals surface area contributed by atoms with Crippen molar-refractivity contribution in [1.29, 1.82) is 0 Å². The van der Waals surface area contributed by atoms with E-state index in [0.29, 0.717) is 19.4 Å². The smallest absolute Gasteiger partial charge is 0.407 e. The predicted molar refractivity (Wildman–Crippen MR) is 143 cm³/mol. The van der Waals surface area contributed by atoms with Crippen LogP contribution in [0.15, 0.2) is 60.7 Å². The molecule has 0 aliphatic heterocycles. The van der Waals surface area contributed by atoms with Crippen LogP contribution in [-0.2, 0) is 14.0 Å². The third kappa shape index (κ3) is 7.42. The van der Waals surface area contributed by atoms with Gasteiger partial charge in [-0.1, -0.05) is 88.4 Å². The van der Waals surface area contributed by atoms with Crippen molar-refractivity contribution in [2.45, 2.75) is 78.0 Å². The quantitative estimate of drug-likeness (QED) is 0.452. The second-order valence-electron chi connectivity index (χ2n) is 10.9. The van der Waals surface area contributed by atoms with E-state index in [2.05, 4.69) is 50.4 Å². The summed E-state index contributed by atoms with van der Waals surface area (Å²) in [4.78, 5) is 24.5. The highest BCUT2D eigenvalue weighted by Gasteiger charge is 2.50. The number of rotatable bonds is 10. The molecule has 0 spiro atoms. The number of carboxylic acids is 1. The van der Waals surface area contributed by atoms with Gasteiger partial charge in [-0.2, -0.15) is 0 Å². The van der Waals surface area contributed by atoms with Crippen LogP contribution in [0, 0.1) is 5.92 Å². The fourth-order valence-electron chi connectivity index (χ4n) is 4.56. The van der Waals surface area contributed by atoms with Crippen molar-refractivity contribution >= 4 is 30.8 Å². The molecule has 0 saturated carbocycles. The summed E-state index contributed by atoms with van der Waals surface area (Å²) >= 11 is 0. The maximum atomic E-state index is 12.5. The molecule has 0 heterocycles. The number of carbonyl (C=O) groups excluding carboxylic acids is 1. The standard InChI is InChI=1S/C28H41NO5Si/c1-8-23(25(30)31)24(29-26(32)34-27(2,3)4)19-20-33-35(28(5,6)7,21-15-11-9-12-16-21)22-17-13-10-14-18-22/h9-18,23-24H,8,19-20H2,1-7H3,(H,29,32)(H,30,31)/t23-,24-/m1/s1. The summed E-state index contributed by atoms with van der Waals surface area (Å²) in [6, 6.07) is 20.0. The first-order valence-electron chi connectivity index (χ1n) is 12.3. The topological polar surface area (TPSA) is 84.9 Å². The van der Waals surface area contributed by atoms with Gasteiger partial charge in [-0.15, -0.1) is 0 Å². The Bertz CT molecular complexity index is 911. The molecule has 0 radical (unpaired) electrons. The Kier molecular flexibility index (Phi) is 9.69. The molecule has 0 saturated heterocycles. The zero-order valence-electron chi connectivity index (χ0n) is 22.1. The number of aliphatic carboxylic acids is 1. The molecule has 35 heavy (non-hydrogen) atoms. The lowest BCUT2D eigenvalue weighted by molar-refractivity contribution is -0.142. The molecule has 0 unspecified atom stereocenters. The predicted octanol–water partition coefficient (Wildman–Crippen LogP) is 4.96. The average Bonchev–Trinajstić information content (AvgIpc) is 2.76. The summed E-state index contributed by atoms with van der Waals surface area (Å²) in [7, 11) is -2.76. The minimum atomic E-state index is -2.76. The van der Waals surface area contributed by atoms with E-state index in [-0.39, 0.29) is 5.04 Å². The van der Waals surface area contributed by atoms with Gasteiger partial charge in [-0.05, 0) is 49.0 Å². The van der Waals surface area contributed by atoms with Crippen LogP contribution in [0.25, 0.3) is 0 Å². The molecule has 2 N–H and O–H groups in total. The van der Waals surface area contributed by atoms with E-state index < -0.39 is 37.9 Å². The van der Waals surface area contributed by atoms with Gasteiger partial charge in [0.1, 0.15) is 5.60 Å². The Morgan fingerprint density at radius 1 is 0.914 bits per heavy atom. The molecular formula is C28H41NO5Si. The highest BCUT2D eigenvalue weighted by Crippen LogP contribution is 2.37. The Labute approximate surface area is 211 Å². The number of ether oxygens (including phenoxy) is 1. The van der Waals surface area contributed by atoms with E-state index in [1.165, 1.54) is 0 Å². The van der Waals surface area contributed by atoms with Crippen molar-refractivity contribution in [2.24, 2.45) is 5.92 Å². The fraction of sp³-hybridized carbons (Fsp3) is 0.500. The van der Waals surface area contributed by atoms with Gasteiger partial charge in [0.05, 0.1) is 5.92 Å². The lowest BCUT2D eigenvalue weighted by Crippen LogP contribution is -2.66. The summed E-state index contributed by atoms with van der Waals surface area (Å²) in [6.07, 6.45) is 0.122. The first-order valence-corrected chi connectivity index (χ1v) is 14.2. The molecule has 6 nitrogen and oxygen atoms in total. The summed E-state index contributed by atoms with van der Waals surface area (Å²) in [5.74, 6) is -1.69. The summed E-state index contributed by atoms with van der Waals surface area (Å²) < 4.78 is 12.3.